The normalized spacial score (nSPS) is 35.6. The molecule has 1 aromatic carbocycles. The number of benzene rings is 1. The van der Waals surface area contributed by atoms with Gasteiger partial charge in [-0.05, 0) is 0 Å². The van der Waals surface area contributed by atoms with Crippen molar-refractivity contribution >= 4 is 23.9 Å². The van der Waals surface area contributed by atoms with E-state index in [1.54, 1.807) is 12.1 Å². The summed E-state index contributed by atoms with van der Waals surface area (Å²) in [5.74, 6) is -3.03. The SMILES string of the molecule is CO[C@H]1O[C@@H]2CO[C@@H](c3ccccc3)O[C@H]2[C@H](O[C@H]2O[C@H](COC(C)=O)[C@H](OC(C)=O)[C@H](OC(C)=O)[C@H]2OC(C)=O)[C@H]1O. The first-order valence-electron chi connectivity index (χ1n) is 13.6. The number of carbonyl (C=O) groups is 4. The Hall–Kier alpha value is -3.18. The Bertz CT molecular complexity index is 1130. The maximum atomic E-state index is 12.2. The van der Waals surface area contributed by atoms with Crippen LogP contribution in [0.1, 0.15) is 39.5 Å². The molecule has 15 heteroatoms. The van der Waals surface area contributed by atoms with Gasteiger partial charge < -0.3 is 52.5 Å². The summed E-state index contributed by atoms with van der Waals surface area (Å²) in [6, 6.07) is 9.07. The fraction of sp³-hybridized carbons (Fsp3) is 0.643. The summed E-state index contributed by atoms with van der Waals surface area (Å²) in [5, 5.41) is 11.3. The van der Waals surface area contributed by atoms with Gasteiger partial charge in [0.1, 0.15) is 37.1 Å². The van der Waals surface area contributed by atoms with E-state index in [-0.39, 0.29) is 6.61 Å². The van der Waals surface area contributed by atoms with Crippen LogP contribution in [0.4, 0.5) is 0 Å². The van der Waals surface area contributed by atoms with Crippen LogP contribution in [0.3, 0.4) is 0 Å². The molecule has 0 radical (unpaired) electrons. The third kappa shape index (κ3) is 8.06. The number of esters is 4. The Morgan fingerprint density at radius 1 is 0.791 bits per heavy atom. The van der Waals surface area contributed by atoms with Gasteiger partial charge >= 0.3 is 23.9 Å². The van der Waals surface area contributed by atoms with Crippen LogP contribution in [0.2, 0.25) is 0 Å². The summed E-state index contributed by atoms with van der Waals surface area (Å²) in [4.78, 5) is 48.0. The van der Waals surface area contributed by atoms with Crippen molar-refractivity contribution in [3.63, 3.8) is 0 Å². The van der Waals surface area contributed by atoms with Gasteiger partial charge in [0.2, 0.25) is 0 Å². The Morgan fingerprint density at radius 2 is 1.42 bits per heavy atom. The highest BCUT2D eigenvalue weighted by molar-refractivity contribution is 5.68. The molecular formula is C28H36O15. The van der Waals surface area contributed by atoms with E-state index in [1.807, 2.05) is 18.2 Å². The highest BCUT2D eigenvalue weighted by Crippen LogP contribution is 2.38. The van der Waals surface area contributed by atoms with E-state index in [0.717, 1.165) is 27.7 Å². The molecule has 0 amide bonds. The molecule has 0 aromatic heterocycles. The number of fused-ring (bicyclic) bond motifs is 1. The van der Waals surface area contributed by atoms with Gasteiger partial charge in [-0.25, -0.2) is 0 Å². The van der Waals surface area contributed by atoms with Crippen molar-refractivity contribution in [2.24, 2.45) is 0 Å². The van der Waals surface area contributed by atoms with Crippen LogP contribution in [-0.2, 0) is 66.5 Å². The van der Waals surface area contributed by atoms with Crippen molar-refractivity contribution < 1.29 is 71.7 Å². The Kier molecular flexibility index (Phi) is 11.1. The molecule has 11 atom stereocenters. The van der Waals surface area contributed by atoms with Crippen molar-refractivity contribution in [2.75, 3.05) is 20.3 Å². The number of rotatable bonds is 9. The van der Waals surface area contributed by atoms with Gasteiger partial charge in [-0.15, -0.1) is 0 Å². The fourth-order valence-corrected chi connectivity index (χ4v) is 5.15. The lowest BCUT2D eigenvalue weighted by atomic mass is 9.95. The molecule has 43 heavy (non-hydrogen) atoms. The summed E-state index contributed by atoms with van der Waals surface area (Å²) in [6.07, 6.45) is -13.5. The van der Waals surface area contributed by atoms with E-state index >= 15 is 0 Å². The van der Waals surface area contributed by atoms with Crippen LogP contribution in [0, 0.1) is 0 Å². The predicted molar refractivity (Wildman–Crippen MR) is 139 cm³/mol. The molecule has 0 unspecified atom stereocenters. The first-order chi connectivity index (χ1) is 20.5. The van der Waals surface area contributed by atoms with E-state index in [1.165, 1.54) is 7.11 Å². The van der Waals surface area contributed by atoms with Gasteiger partial charge in [0.25, 0.3) is 0 Å². The van der Waals surface area contributed by atoms with Crippen molar-refractivity contribution in [3.05, 3.63) is 35.9 Å². The molecule has 3 heterocycles. The molecule has 0 aliphatic carbocycles. The molecule has 3 aliphatic rings. The molecule has 0 bridgehead atoms. The standard InChI is InChI=1S/C28H36O15/c1-13(29)35-11-18-22(37-14(2)30)24(38-15(3)31)25(39-16(4)32)28(41-18)43-23-20(33)27(34-5)40-19-12-36-26(42-21(19)23)17-9-7-6-8-10-17/h6-10,18-28,33H,11-12H2,1-5H3/t18-,19-,20-,21-,22+,23-,24+,25-,26-,27+,28-/m1/s1. The van der Waals surface area contributed by atoms with E-state index in [4.69, 9.17) is 47.4 Å². The predicted octanol–water partition coefficient (Wildman–Crippen LogP) is 0.301. The van der Waals surface area contributed by atoms with Gasteiger partial charge in [-0.2, -0.15) is 0 Å². The number of hydrogen-bond acceptors (Lipinski definition) is 15. The summed E-state index contributed by atoms with van der Waals surface area (Å²) >= 11 is 0. The zero-order valence-corrected chi connectivity index (χ0v) is 24.3. The highest BCUT2D eigenvalue weighted by atomic mass is 16.8. The molecule has 1 N–H and O–H groups in total. The maximum Gasteiger partial charge on any atom is 0.303 e. The van der Waals surface area contributed by atoms with Gasteiger partial charge in [-0.1, -0.05) is 30.3 Å². The Labute approximate surface area is 247 Å². The molecule has 15 nitrogen and oxygen atoms in total. The molecule has 3 fully saturated rings. The molecule has 4 rings (SSSR count). The van der Waals surface area contributed by atoms with Crippen molar-refractivity contribution in [2.45, 2.75) is 95.4 Å². The average Bonchev–Trinajstić information content (AvgIpc) is 2.95. The second-order valence-corrected chi connectivity index (χ2v) is 10.1. The average molecular weight is 613 g/mol. The van der Waals surface area contributed by atoms with Crippen LogP contribution in [0.15, 0.2) is 30.3 Å². The lowest BCUT2D eigenvalue weighted by Crippen LogP contribution is -2.67. The minimum absolute atomic E-state index is 0.0508. The van der Waals surface area contributed by atoms with E-state index in [0.29, 0.717) is 5.56 Å². The molecule has 1 aromatic rings. The number of ether oxygens (including phenoxy) is 10. The van der Waals surface area contributed by atoms with Gasteiger partial charge in [0.05, 0.1) is 6.61 Å². The van der Waals surface area contributed by atoms with Crippen LogP contribution in [0.5, 0.6) is 0 Å². The van der Waals surface area contributed by atoms with E-state index in [2.05, 4.69) is 0 Å². The minimum Gasteiger partial charge on any atom is -0.463 e. The van der Waals surface area contributed by atoms with Gasteiger partial charge in [0, 0.05) is 40.4 Å². The first kappa shape index (κ1) is 32.7. The number of hydrogen-bond donors (Lipinski definition) is 1. The van der Waals surface area contributed by atoms with E-state index in [9.17, 15) is 24.3 Å². The Morgan fingerprint density at radius 3 is 2.02 bits per heavy atom. The Balaban J connectivity index is 1.69. The molecule has 0 spiro atoms. The molecule has 0 saturated carbocycles. The zero-order chi connectivity index (χ0) is 31.3. The van der Waals surface area contributed by atoms with Crippen LogP contribution >= 0.6 is 0 Å². The summed E-state index contributed by atoms with van der Waals surface area (Å²) in [6.45, 7) is 4.11. The zero-order valence-electron chi connectivity index (χ0n) is 24.3. The smallest absolute Gasteiger partial charge is 0.303 e. The molecule has 238 valence electrons. The number of aliphatic hydroxyl groups is 1. The van der Waals surface area contributed by atoms with Crippen molar-refractivity contribution in [1.29, 1.82) is 0 Å². The second kappa shape index (κ2) is 14.5. The lowest BCUT2D eigenvalue weighted by Gasteiger charge is -2.50. The second-order valence-electron chi connectivity index (χ2n) is 10.1. The summed E-state index contributed by atoms with van der Waals surface area (Å²) in [7, 11) is 1.33. The van der Waals surface area contributed by atoms with E-state index < -0.39 is 98.2 Å². The molecular weight excluding hydrogens is 576 g/mol. The number of aliphatic hydroxyl groups excluding tert-OH is 1. The highest BCUT2D eigenvalue weighted by Gasteiger charge is 2.57. The maximum absolute atomic E-state index is 12.2. The molecule has 3 saturated heterocycles. The summed E-state index contributed by atoms with van der Waals surface area (Å²) < 4.78 is 57.1. The quantitative estimate of drug-likeness (QED) is 0.297. The van der Waals surface area contributed by atoms with Crippen LogP contribution in [-0.4, -0.2) is 111 Å². The lowest BCUT2D eigenvalue weighted by molar-refractivity contribution is -0.390. The number of carbonyl (C=O) groups excluding carboxylic acids is 4. The minimum atomic E-state index is -1.56. The number of methoxy groups -OCH3 is 1. The van der Waals surface area contributed by atoms with Crippen molar-refractivity contribution in [1.82, 2.24) is 0 Å². The van der Waals surface area contributed by atoms with Gasteiger partial charge in [0.15, 0.2) is 37.2 Å². The monoisotopic (exact) mass is 612 g/mol. The molecule has 3 aliphatic heterocycles. The fourth-order valence-electron chi connectivity index (χ4n) is 5.15. The third-order valence-electron chi connectivity index (χ3n) is 6.85. The topological polar surface area (TPSA) is 181 Å². The van der Waals surface area contributed by atoms with Gasteiger partial charge in [-0.3, -0.25) is 19.2 Å². The van der Waals surface area contributed by atoms with Crippen LogP contribution in [0.25, 0.3) is 0 Å². The third-order valence-corrected chi connectivity index (χ3v) is 6.85. The van der Waals surface area contributed by atoms with Crippen molar-refractivity contribution in [3.8, 4) is 0 Å². The first-order valence-corrected chi connectivity index (χ1v) is 13.6. The largest absolute Gasteiger partial charge is 0.463 e. The summed E-state index contributed by atoms with van der Waals surface area (Å²) in [5.41, 5.74) is 0.704. The van der Waals surface area contributed by atoms with Crippen LogP contribution < -0.4 is 0 Å².